The zero-order valence-corrected chi connectivity index (χ0v) is 16.6. The summed E-state index contributed by atoms with van der Waals surface area (Å²) in [6.07, 6.45) is 3.32. The Morgan fingerprint density at radius 3 is 2.38 bits per heavy atom. The number of rotatable bonds is 5. The van der Waals surface area contributed by atoms with Crippen LogP contribution in [0.4, 0.5) is 0 Å². The smallest absolute Gasteiger partial charge is 0.329 e. The van der Waals surface area contributed by atoms with Crippen molar-refractivity contribution < 1.29 is 9.59 Å². The normalized spacial score (nSPS) is 11.0. The van der Waals surface area contributed by atoms with E-state index in [1.54, 1.807) is 18.5 Å². The molecule has 0 aliphatic rings. The molecule has 3 rings (SSSR count). The van der Waals surface area contributed by atoms with Crippen LogP contribution in [0, 0.1) is 6.92 Å². The number of amides is 2. The number of hydrogen-bond donors (Lipinski definition) is 2. The maximum Gasteiger partial charge on any atom is 0.329 e. The molecule has 2 amide bonds. The summed E-state index contributed by atoms with van der Waals surface area (Å²) < 4.78 is 1.75. The number of nitrogens with zero attached hydrogens (tertiary/aromatic N) is 3. The van der Waals surface area contributed by atoms with Crippen molar-refractivity contribution in [3.63, 3.8) is 0 Å². The van der Waals surface area contributed by atoms with Crippen molar-refractivity contribution in [1.29, 1.82) is 0 Å². The van der Waals surface area contributed by atoms with E-state index < -0.39 is 11.8 Å². The monoisotopic (exact) mass is 389 g/mol. The predicted octanol–water partition coefficient (Wildman–Crippen LogP) is 2.82. The van der Waals surface area contributed by atoms with Gasteiger partial charge >= 0.3 is 11.8 Å². The molecule has 3 aromatic rings. The summed E-state index contributed by atoms with van der Waals surface area (Å²) in [5.74, 6) is -1.54. The van der Waals surface area contributed by atoms with E-state index in [1.807, 2.05) is 67.7 Å². The van der Waals surface area contributed by atoms with E-state index in [0.717, 1.165) is 22.5 Å². The molecular formula is C22H23N5O2. The highest BCUT2D eigenvalue weighted by molar-refractivity contribution is 6.35. The highest BCUT2D eigenvalue weighted by Gasteiger charge is 2.14. The molecule has 0 saturated heterocycles. The van der Waals surface area contributed by atoms with Gasteiger partial charge in [-0.15, -0.1) is 0 Å². The number of benzene rings is 2. The maximum absolute atomic E-state index is 11.8. The van der Waals surface area contributed by atoms with Gasteiger partial charge in [0, 0.05) is 23.4 Å². The molecule has 0 spiro atoms. The minimum Gasteiger partial charge on any atom is -0.346 e. The first-order chi connectivity index (χ1) is 13.9. The van der Waals surface area contributed by atoms with Crippen molar-refractivity contribution in [1.82, 2.24) is 20.5 Å². The Morgan fingerprint density at radius 1 is 1.03 bits per heavy atom. The van der Waals surface area contributed by atoms with Gasteiger partial charge in [-0.25, -0.2) is 10.1 Å². The Kier molecular flexibility index (Phi) is 6.19. The van der Waals surface area contributed by atoms with Gasteiger partial charge in [0.2, 0.25) is 0 Å². The first kappa shape index (κ1) is 20.0. The van der Waals surface area contributed by atoms with Gasteiger partial charge in [0.1, 0.15) is 5.69 Å². The van der Waals surface area contributed by atoms with Gasteiger partial charge in [0.25, 0.3) is 0 Å². The lowest BCUT2D eigenvalue weighted by Gasteiger charge is -2.06. The lowest BCUT2D eigenvalue weighted by atomic mass is 10.1. The zero-order valence-electron chi connectivity index (χ0n) is 16.6. The molecule has 0 aliphatic heterocycles. The summed E-state index contributed by atoms with van der Waals surface area (Å²) in [5.41, 5.74) is 6.66. The quantitative estimate of drug-likeness (QED) is 0.400. The van der Waals surface area contributed by atoms with Gasteiger partial charge in [0.15, 0.2) is 0 Å². The molecule has 2 N–H and O–H groups in total. The van der Waals surface area contributed by atoms with Crippen LogP contribution in [0.3, 0.4) is 0 Å². The predicted molar refractivity (Wildman–Crippen MR) is 113 cm³/mol. The molecule has 7 heteroatoms. The van der Waals surface area contributed by atoms with Crippen LogP contribution in [0.15, 0.2) is 65.9 Å². The third-order valence-electron chi connectivity index (χ3n) is 4.08. The van der Waals surface area contributed by atoms with Gasteiger partial charge in [-0.3, -0.25) is 9.59 Å². The van der Waals surface area contributed by atoms with Gasteiger partial charge in [0.05, 0.1) is 11.9 Å². The molecule has 7 nitrogen and oxygen atoms in total. The summed E-state index contributed by atoms with van der Waals surface area (Å²) in [6, 6.07) is 17.6. The van der Waals surface area contributed by atoms with Crippen molar-refractivity contribution in [2.45, 2.75) is 26.8 Å². The van der Waals surface area contributed by atoms with E-state index in [9.17, 15) is 9.59 Å². The van der Waals surface area contributed by atoms with E-state index in [-0.39, 0.29) is 6.04 Å². The summed E-state index contributed by atoms with van der Waals surface area (Å²) in [4.78, 5) is 23.5. The summed E-state index contributed by atoms with van der Waals surface area (Å²) in [6.45, 7) is 5.58. The standard InChI is InChI=1S/C22H23N5O2/c1-15(2)24-21(28)22(29)25-23-13-18-14-27(19-7-5-4-6-8-19)26-20(18)17-11-9-16(3)10-12-17/h4-15H,1-3H3,(H,24,28)(H,25,29)/b23-13-. The Hall–Kier alpha value is -3.74. The van der Waals surface area contributed by atoms with Crippen LogP contribution in [0.5, 0.6) is 0 Å². The summed E-state index contributed by atoms with van der Waals surface area (Å²) in [5, 5.41) is 11.1. The number of nitrogens with one attached hydrogen (secondary N) is 2. The third-order valence-corrected chi connectivity index (χ3v) is 4.08. The number of hydrogen-bond acceptors (Lipinski definition) is 4. The van der Waals surface area contributed by atoms with Crippen LogP contribution in [0.1, 0.15) is 25.0 Å². The molecule has 0 atom stereocenters. The maximum atomic E-state index is 11.8. The van der Waals surface area contributed by atoms with E-state index >= 15 is 0 Å². The van der Waals surface area contributed by atoms with Gasteiger partial charge < -0.3 is 5.32 Å². The molecule has 0 radical (unpaired) electrons. The second-order valence-corrected chi connectivity index (χ2v) is 6.91. The SMILES string of the molecule is Cc1ccc(-c2nn(-c3ccccc3)cc2/C=N\NC(=O)C(=O)NC(C)C)cc1. The summed E-state index contributed by atoms with van der Waals surface area (Å²) in [7, 11) is 0. The third kappa shape index (κ3) is 5.16. The molecule has 0 saturated carbocycles. The number of hydrazone groups is 1. The van der Waals surface area contributed by atoms with E-state index in [0.29, 0.717) is 5.56 Å². The average Bonchev–Trinajstić information content (AvgIpc) is 3.13. The van der Waals surface area contributed by atoms with Crippen LogP contribution >= 0.6 is 0 Å². The molecule has 29 heavy (non-hydrogen) atoms. The van der Waals surface area contributed by atoms with E-state index in [1.165, 1.54) is 6.21 Å². The Morgan fingerprint density at radius 2 is 1.72 bits per heavy atom. The van der Waals surface area contributed by atoms with Crippen molar-refractivity contribution >= 4 is 18.0 Å². The van der Waals surface area contributed by atoms with Gasteiger partial charge in [-0.2, -0.15) is 10.2 Å². The van der Waals surface area contributed by atoms with Gasteiger partial charge in [-0.05, 0) is 32.9 Å². The Balaban J connectivity index is 1.88. The molecule has 0 bridgehead atoms. The van der Waals surface area contributed by atoms with Gasteiger partial charge in [-0.1, -0.05) is 48.0 Å². The van der Waals surface area contributed by atoms with Crippen molar-refractivity contribution in [2.75, 3.05) is 0 Å². The molecule has 0 fully saturated rings. The van der Waals surface area contributed by atoms with Crippen molar-refractivity contribution in [2.24, 2.45) is 5.10 Å². The topological polar surface area (TPSA) is 88.4 Å². The average molecular weight is 389 g/mol. The highest BCUT2D eigenvalue weighted by atomic mass is 16.2. The lowest BCUT2D eigenvalue weighted by molar-refractivity contribution is -0.139. The Labute approximate surface area is 169 Å². The van der Waals surface area contributed by atoms with Crippen LogP contribution in [0.2, 0.25) is 0 Å². The van der Waals surface area contributed by atoms with E-state index in [4.69, 9.17) is 0 Å². The number of aromatic nitrogens is 2. The number of carbonyl (C=O) groups is 2. The fourth-order valence-corrected chi connectivity index (χ4v) is 2.67. The second kappa shape index (κ2) is 8.97. The molecule has 0 unspecified atom stereocenters. The number of carbonyl (C=O) groups excluding carboxylic acids is 2. The minimum atomic E-state index is -0.817. The number of aryl methyl sites for hydroxylation is 1. The molecule has 1 heterocycles. The first-order valence-corrected chi connectivity index (χ1v) is 9.30. The van der Waals surface area contributed by atoms with Crippen LogP contribution in [-0.2, 0) is 9.59 Å². The highest BCUT2D eigenvalue weighted by Crippen LogP contribution is 2.23. The van der Waals surface area contributed by atoms with Crippen LogP contribution < -0.4 is 10.7 Å². The molecular weight excluding hydrogens is 366 g/mol. The minimum absolute atomic E-state index is 0.130. The van der Waals surface area contributed by atoms with Crippen molar-refractivity contribution in [3.05, 3.63) is 71.9 Å². The van der Waals surface area contributed by atoms with E-state index in [2.05, 4.69) is 20.9 Å². The lowest BCUT2D eigenvalue weighted by Crippen LogP contribution is -2.41. The van der Waals surface area contributed by atoms with Crippen LogP contribution in [-0.4, -0.2) is 33.9 Å². The second-order valence-electron chi connectivity index (χ2n) is 6.91. The fraction of sp³-hybridized carbons (Fsp3) is 0.182. The number of para-hydroxylation sites is 1. The molecule has 1 aromatic heterocycles. The zero-order chi connectivity index (χ0) is 20.8. The van der Waals surface area contributed by atoms with Crippen LogP contribution in [0.25, 0.3) is 16.9 Å². The largest absolute Gasteiger partial charge is 0.346 e. The van der Waals surface area contributed by atoms with Crippen molar-refractivity contribution in [3.8, 4) is 16.9 Å². The molecule has 2 aromatic carbocycles. The molecule has 0 aliphatic carbocycles. The summed E-state index contributed by atoms with van der Waals surface area (Å²) >= 11 is 0. The first-order valence-electron chi connectivity index (χ1n) is 9.30. The fourth-order valence-electron chi connectivity index (χ4n) is 2.67. The molecule has 148 valence electrons. The Bertz CT molecular complexity index is 1020.